The fourth-order valence-corrected chi connectivity index (χ4v) is 3.27. The SMILES string of the molecule is c1ccc(-c2nc(-c3nn[nH]n3)sc2-c2ccccc2)cc1. The molecular weight excluding hydrogens is 294 g/mol. The number of tetrazole rings is 1. The number of H-pyrrole nitrogens is 1. The number of aromatic nitrogens is 5. The summed E-state index contributed by atoms with van der Waals surface area (Å²) in [5, 5.41) is 14.9. The number of benzene rings is 2. The summed E-state index contributed by atoms with van der Waals surface area (Å²) < 4.78 is 0. The van der Waals surface area contributed by atoms with Crippen molar-refractivity contribution in [3.8, 4) is 32.5 Å². The van der Waals surface area contributed by atoms with Crippen LogP contribution in [0.4, 0.5) is 0 Å². The van der Waals surface area contributed by atoms with Gasteiger partial charge in [0.2, 0.25) is 5.82 Å². The zero-order valence-electron chi connectivity index (χ0n) is 11.5. The van der Waals surface area contributed by atoms with E-state index in [0.717, 1.165) is 26.7 Å². The van der Waals surface area contributed by atoms with E-state index in [4.69, 9.17) is 4.98 Å². The largest absolute Gasteiger partial charge is 0.233 e. The Morgan fingerprint density at radius 2 is 1.50 bits per heavy atom. The highest BCUT2D eigenvalue weighted by molar-refractivity contribution is 7.18. The summed E-state index contributed by atoms with van der Waals surface area (Å²) in [6.45, 7) is 0. The highest BCUT2D eigenvalue weighted by Gasteiger charge is 2.17. The van der Waals surface area contributed by atoms with Crippen LogP contribution in [-0.4, -0.2) is 25.6 Å². The van der Waals surface area contributed by atoms with Crippen molar-refractivity contribution in [2.45, 2.75) is 0 Å². The fraction of sp³-hybridized carbons (Fsp3) is 0. The molecule has 0 aliphatic heterocycles. The minimum atomic E-state index is 0.518. The maximum absolute atomic E-state index is 4.73. The van der Waals surface area contributed by atoms with Gasteiger partial charge in [-0.3, -0.25) is 0 Å². The molecule has 0 atom stereocenters. The first-order chi connectivity index (χ1) is 10.9. The number of nitrogens with one attached hydrogen (secondary N) is 1. The first-order valence-electron chi connectivity index (χ1n) is 6.77. The molecule has 0 amide bonds. The van der Waals surface area contributed by atoms with Crippen LogP contribution in [0.25, 0.3) is 32.5 Å². The molecule has 0 fully saturated rings. The Bertz CT molecular complexity index is 813. The molecule has 0 unspecified atom stereocenters. The van der Waals surface area contributed by atoms with Gasteiger partial charge in [0.25, 0.3) is 0 Å². The van der Waals surface area contributed by atoms with Gasteiger partial charge in [-0.2, -0.15) is 5.21 Å². The van der Waals surface area contributed by atoms with Crippen molar-refractivity contribution in [2.75, 3.05) is 0 Å². The second-order valence-corrected chi connectivity index (χ2v) is 5.66. The lowest BCUT2D eigenvalue weighted by molar-refractivity contribution is 0.881. The topological polar surface area (TPSA) is 67.3 Å². The number of rotatable bonds is 3. The van der Waals surface area contributed by atoms with Gasteiger partial charge in [0.05, 0.1) is 10.6 Å². The standard InChI is InChI=1S/C16H11N5S/c1-3-7-11(8-4-1)13-14(12-9-5-2-6-10-12)22-16(17-13)15-18-20-21-19-15/h1-10H,(H,18,19,20,21). The van der Waals surface area contributed by atoms with Crippen molar-refractivity contribution in [3.05, 3.63) is 60.7 Å². The molecule has 4 aromatic rings. The molecule has 2 heterocycles. The normalized spacial score (nSPS) is 10.7. The van der Waals surface area contributed by atoms with Crippen LogP contribution in [0.5, 0.6) is 0 Å². The zero-order chi connectivity index (χ0) is 14.8. The van der Waals surface area contributed by atoms with Gasteiger partial charge < -0.3 is 0 Å². The minimum absolute atomic E-state index is 0.518. The third kappa shape index (κ3) is 2.29. The van der Waals surface area contributed by atoms with Crippen molar-refractivity contribution in [3.63, 3.8) is 0 Å². The second-order valence-electron chi connectivity index (χ2n) is 4.66. The Labute approximate surface area is 130 Å². The molecule has 0 aliphatic carbocycles. The third-order valence-electron chi connectivity index (χ3n) is 3.25. The van der Waals surface area contributed by atoms with E-state index < -0.39 is 0 Å². The van der Waals surface area contributed by atoms with Crippen LogP contribution in [0.15, 0.2) is 60.7 Å². The summed E-state index contributed by atoms with van der Waals surface area (Å²) in [5.74, 6) is 0.518. The molecular formula is C16H11N5S. The Morgan fingerprint density at radius 1 is 0.818 bits per heavy atom. The number of aromatic amines is 1. The highest BCUT2D eigenvalue weighted by atomic mass is 32.1. The average Bonchev–Trinajstić information content (AvgIpc) is 3.26. The first-order valence-corrected chi connectivity index (χ1v) is 7.59. The van der Waals surface area contributed by atoms with E-state index in [1.165, 1.54) is 0 Å². The van der Waals surface area contributed by atoms with E-state index in [2.05, 4.69) is 44.9 Å². The van der Waals surface area contributed by atoms with Crippen LogP contribution in [0.1, 0.15) is 0 Å². The van der Waals surface area contributed by atoms with E-state index in [1.54, 1.807) is 11.3 Å². The number of hydrogen-bond donors (Lipinski definition) is 1. The van der Waals surface area contributed by atoms with E-state index >= 15 is 0 Å². The summed E-state index contributed by atoms with van der Waals surface area (Å²) in [6.07, 6.45) is 0. The van der Waals surface area contributed by atoms with Gasteiger partial charge in [-0.25, -0.2) is 4.98 Å². The molecule has 4 rings (SSSR count). The van der Waals surface area contributed by atoms with Gasteiger partial charge in [-0.15, -0.1) is 21.5 Å². The molecule has 22 heavy (non-hydrogen) atoms. The molecule has 0 saturated carbocycles. The van der Waals surface area contributed by atoms with E-state index in [1.807, 2.05) is 36.4 Å². The smallest absolute Gasteiger partial charge is 0.232 e. The lowest BCUT2D eigenvalue weighted by Crippen LogP contribution is -1.83. The van der Waals surface area contributed by atoms with Gasteiger partial charge in [-0.05, 0) is 10.8 Å². The highest BCUT2D eigenvalue weighted by Crippen LogP contribution is 2.39. The Morgan fingerprint density at radius 3 is 2.14 bits per heavy atom. The van der Waals surface area contributed by atoms with Crippen molar-refractivity contribution in [2.24, 2.45) is 0 Å². The van der Waals surface area contributed by atoms with Gasteiger partial charge in [0, 0.05) is 5.56 Å². The second kappa shape index (κ2) is 5.50. The number of nitrogens with zero attached hydrogens (tertiary/aromatic N) is 4. The Balaban J connectivity index is 1.92. The molecule has 6 heteroatoms. The molecule has 0 radical (unpaired) electrons. The van der Waals surface area contributed by atoms with Crippen molar-refractivity contribution in [1.82, 2.24) is 25.6 Å². The maximum Gasteiger partial charge on any atom is 0.233 e. The van der Waals surface area contributed by atoms with Gasteiger partial charge >= 0.3 is 0 Å². The van der Waals surface area contributed by atoms with E-state index in [-0.39, 0.29) is 0 Å². The Hall–Kier alpha value is -2.86. The van der Waals surface area contributed by atoms with Crippen LogP contribution in [0.3, 0.4) is 0 Å². The molecule has 2 aromatic heterocycles. The van der Waals surface area contributed by atoms with Gasteiger partial charge in [0.15, 0.2) is 5.01 Å². The maximum atomic E-state index is 4.73. The first kappa shape index (κ1) is 12.8. The summed E-state index contributed by atoms with van der Waals surface area (Å²) in [4.78, 5) is 5.84. The minimum Gasteiger partial charge on any atom is -0.232 e. The van der Waals surface area contributed by atoms with Crippen molar-refractivity contribution in [1.29, 1.82) is 0 Å². The summed E-state index contributed by atoms with van der Waals surface area (Å²) >= 11 is 1.57. The molecule has 2 aromatic carbocycles. The van der Waals surface area contributed by atoms with Gasteiger partial charge in [-0.1, -0.05) is 60.7 Å². The predicted molar refractivity (Wildman–Crippen MR) is 86.2 cm³/mol. The van der Waals surface area contributed by atoms with Crippen LogP contribution < -0.4 is 0 Å². The summed E-state index contributed by atoms with van der Waals surface area (Å²) in [6, 6.07) is 20.4. The molecule has 1 N–H and O–H groups in total. The van der Waals surface area contributed by atoms with Crippen LogP contribution in [0, 0.1) is 0 Å². The van der Waals surface area contributed by atoms with Gasteiger partial charge in [0.1, 0.15) is 0 Å². The van der Waals surface area contributed by atoms with E-state index in [0.29, 0.717) is 5.82 Å². The van der Waals surface area contributed by atoms with Crippen LogP contribution in [0.2, 0.25) is 0 Å². The van der Waals surface area contributed by atoms with E-state index in [9.17, 15) is 0 Å². The summed E-state index contributed by atoms with van der Waals surface area (Å²) in [5.41, 5.74) is 3.15. The number of hydrogen-bond acceptors (Lipinski definition) is 5. The number of thiazole rings is 1. The Kier molecular flexibility index (Phi) is 3.21. The molecule has 0 bridgehead atoms. The molecule has 0 spiro atoms. The molecule has 106 valence electrons. The summed E-state index contributed by atoms with van der Waals surface area (Å²) in [7, 11) is 0. The molecule has 0 aliphatic rings. The quantitative estimate of drug-likeness (QED) is 0.627. The van der Waals surface area contributed by atoms with Crippen LogP contribution >= 0.6 is 11.3 Å². The lowest BCUT2D eigenvalue weighted by atomic mass is 10.1. The third-order valence-corrected chi connectivity index (χ3v) is 4.35. The predicted octanol–water partition coefficient (Wildman–Crippen LogP) is 3.66. The lowest BCUT2D eigenvalue weighted by Gasteiger charge is -2.02. The molecule has 5 nitrogen and oxygen atoms in total. The van der Waals surface area contributed by atoms with Crippen molar-refractivity contribution >= 4 is 11.3 Å². The monoisotopic (exact) mass is 305 g/mol. The average molecular weight is 305 g/mol. The zero-order valence-corrected chi connectivity index (χ0v) is 12.3. The van der Waals surface area contributed by atoms with Crippen LogP contribution in [-0.2, 0) is 0 Å². The van der Waals surface area contributed by atoms with Crippen molar-refractivity contribution < 1.29 is 0 Å². The fourth-order valence-electron chi connectivity index (χ4n) is 2.25. The molecule has 0 saturated heterocycles.